The van der Waals surface area contributed by atoms with Crippen molar-refractivity contribution in [2.75, 3.05) is 0 Å². The number of nitrogens with two attached hydrogens (primary N) is 1. The van der Waals surface area contributed by atoms with E-state index in [9.17, 15) is 0 Å². The van der Waals surface area contributed by atoms with E-state index in [-0.39, 0.29) is 12.1 Å². The molecule has 0 saturated heterocycles. The lowest BCUT2D eigenvalue weighted by Gasteiger charge is -2.19. The minimum Gasteiger partial charge on any atom is -0.326 e. The van der Waals surface area contributed by atoms with E-state index in [4.69, 9.17) is 5.73 Å². The van der Waals surface area contributed by atoms with Crippen LogP contribution in [0.2, 0.25) is 0 Å². The van der Waals surface area contributed by atoms with Gasteiger partial charge in [-0.1, -0.05) is 36.4 Å². The fourth-order valence-electron chi connectivity index (χ4n) is 2.36. The summed E-state index contributed by atoms with van der Waals surface area (Å²) in [5.74, 6) is 0. The molecule has 0 saturated carbocycles. The van der Waals surface area contributed by atoms with Crippen LogP contribution in [0.1, 0.15) is 17.8 Å². The average molecular weight is 283 g/mol. The Morgan fingerprint density at radius 3 is 2.55 bits per heavy atom. The van der Waals surface area contributed by atoms with Crippen molar-refractivity contribution >= 4 is 11.3 Å². The molecule has 2 atom stereocenters. The molecule has 2 N–H and O–H groups in total. The maximum absolute atomic E-state index is 6.15. The predicted molar refractivity (Wildman–Crippen MR) is 83.8 cm³/mol. The van der Waals surface area contributed by atoms with Gasteiger partial charge < -0.3 is 5.73 Å². The number of hydrogen-bond donors (Lipinski definition) is 1. The Kier molecular flexibility index (Phi) is 3.67. The Balaban J connectivity index is 1.96. The number of benzene rings is 1. The van der Waals surface area contributed by atoms with Gasteiger partial charge in [0.15, 0.2) is 0 Å². The molecular weight excluding hydrogens is 266 g/mol. The number of thiophene rings is 1. The topological polar surface area (TPSA) is 43.8 Å². The molecule has 20 heavy (non-hydrogen) atoms. The average Bonchev–Trinajstić information content (AvgIpc) is 3.12. The summed E-state index contributed by atoms with van der Waals surface area (Å²) in [6, 6.07) is 14.5. The fourth-order valence-corrected chi connectivity index (χ4v) is 3.29. The van der Waals surface area contributed by atoms with Gasteiger partial charge in [-0.2, -0.15) is 5.10 Å². The zero-order valence-electron chi connectivity index (χ0n) is 11.3. The van der Waals surface area contributed by atoms with Crippen molar-refractivity contribution in [3.8, 4) is 11.1 Å². The van der Waals surface area contributed by atoms with Crippen LogP contribution < -0.4 is 5.73 Å². The van der Waals surface area contributed by atoms with Crippen molar-refractivity contribution in [2.24, 2.45) is 5.73 Å². The normalized spacial score (nSPS) is 14.1. The molecule has 3 nitrogen and oxygen atoms in total. The number of aromatic nitrogens is 2. The van der Waals surface area contributed by atoms with Crippen LogP contribution in [0.4, 0.5) is 0 Å². The van der Waals surface area contributed by atoms with Gasteiger partial charge in [-0.25, -0.2) is 0 Å². The van der Waals surface area contributed by atoms with E-state index in [1.54, 1.807) is 11.3 Å². The first-order valence-electron chi connectivity index (χ1n) is 6.64. The molecule has 0 aliphatic rings. The van der Waals surface area contributed by atoms with Gasteiger partial charge in [0.2, 0.25) is 0 Å². The van der Waals surface area contributed by atoms with Crippen LogP contribution in [-0.4, -0.2) is 15.8 Å². The second-order valence-corrected chi connectivity index (χ2v) is 5.87. The summed E-state index contributed by atoms with van der Waals surface area (Å²) in [5, 5.41) is 6.59. The molecule has 0 fully saturated rings. The highest BCUT2D eigenvalue weighted by atomic mass is 32.1. The molecule has 0 spiro atoms. The summed E-state index contributed by atoms with van der Waals surface area (Å²) in [7, 11) is 0. The third-order valence-electron chi connectivity index (χ3n) is 3.33. The summed E-state index contributed by atoms with van der Waals surface area (Å²) in [4.78, 5) is 1.24. The molecule has 4 heteroatoms. The van der Waals surface area contributed by atoms with E-state index in [0.717, 1.165) is 5.56 Å². The van der Waals surface area contributed by atoms with Gasteiger partial charge in [0.25, 0.3) is 0 Å². The monoisotopic (exact) mass is 283 g/mol. The third kappa shape index (κ3) is 2.53. The molecule has 1 aromatic carbocycles. The molecule has 0 bridgehead atoms. The lowest BCUT2D eigenvalue weighted by molar-refractivity contribution is 0.460. The van der Waals surface area contributed by atoms with Crippen LogP contribution in [0, 0.1) is 0 Å². The summed E-state index contributed by atoms with van der Waals surface area (Å²) in [5.41, 5.74) is 8.45. The van der Waals surface area contributed by atoms with Gasteiger partial charge >= 0.3 is 0 Å². The number of nitrogens with zero attached hydrogens (tertiary/aromatic N) is 2. The van der Waals surface area contributed by atoms with Crippen molar-refractivity contribution < 1.29 is 0 Å². The first kappa shape index (κ1) is 13.1. The highest BCUT2D eigenvalue weighted by molar-refractivity contribution is 7.10. The van der Waals surface area contributed by atoms with Crippen LogP contribution in [-0.2, 0) is 0 Å². The van der Waals surface area contributed by atoms with E-state index in [2.05, 4.69) is 40.9 Å². The summed E-state index contributed by atoms with van der Waals surface area (Å²) in [6.07, 6.45) is 3.97. The van der Waals surface area contributed by atoms with Crippen LogP contribution in [0.25, 0.3) is 11.1 Å². The molecule has 0 amide bonds. The van der Waals surface area contributed by atoms with Crippen LogP contribution >= 0.6 is 11.3 Å². The molecule has 2 unspecified atom stereocenters. The summed E-state index contributed by atoms with van der Waals surface area (Å²) in [6.45, 7) is 2.02. The third-order valence-corrected chi connectivity index (χ3v) is 4.27. The van der Waals surface area contributed by atoms with Crippen molar-refractivity contribution in [2.45, 2.75) is 19.0 Å². The zero-order chi connectivity index (χ0) is 13.9. The maximum atomic E-state index is 6.15. The summed E-state index contributed by atoms with van der Waals surface area (Å²) < 4.78 is 1.97. The second-order valence-electron chi connectivity index (χ2n) is 4.89. The first-order chi connectivity index (χ1) is 9.75. The Bertz CT molecular complexity index is 656. The molecule has 2 aromatic heterocycles. The Hall–Kier alpha value is -1.91. The van der Waals surface area contributed by atoms with Gasteiger partial charge in [-0.3, -0.25) is 4.68 Å². The van der Waals surface area contributed by atoms with E-state index in [1.807, 2.05) is 36.0 Å². The van der Waals surface area contributed by atoms with Crippen molar-refractivity contribution in [3.05, 3.63) is 65.1 Å². The predicted octanol–water partition coefficient (Wildman–Crippen LogP) is 3.55. The Labute approximate surface area is 122 Å². The molecule has 102 valence electrons. The Morgan fingerprint density at radius 2 is 1.90 bits per heavy atom. The van der Waals surface area contributed by atoms with Crippen molar-refractivity contribution in [1.29, 1.82) is 0 Å². The van der Waals surface area contributed by atoms with E-state index < -0.39 is 0 Å². The minimum absolute atomic E-state index is 0.0113. The lowest BCUT2D eigenvalue weighted by Crippen LogP contribution is -2.29. The van der Waals surface area contributed by atoms with Crippen molar-refractivity contribution in [1.82, 2.24) is 9.78 Å². The molecule has 3 rings (SSSR count). The quantitative estimate of drug-likeness (QED) is 0.795. The molecule has 0 aliphatic carbocycles. The Morgan fingerprint density at radius 1 is 1.10 bits per heavy atom. The largest absolute Gasteiger partial charge is 0.326 e. The highest BCUT2D eigenvalue weighted by Gasteiger charge is 2.20. The van der Waals surface area contributed by atoms with E-state index in [1.165, 1.54) is 10.4 Å². The van der Waals surface area contributed by atoms with Gasteiger partial charge in [-0.05, 0) is 23.9 Å². The molecule has 2 heterocycles. The standard InChI is InChI=1S/C16H17N3S/c1-12(17)16(15-8-5-9-20-15)19-11-14(10-18-19)13-6-3-2-4-7-13/h2-12,16H,17H2,1H3. The van der Waals surface area contributed by atoms with Crippen LogP contribution in [0.5, 0.6) is 0 Å². The van der Waals surface area contributed by atoms with Gasteiger partial charge in [0, 0.05) is 22.7 Å². The maximum Gasteiger partial charge on any atom is 0.101 e. The van der Waals surface area contributed by atoms with Crippen LogP contribution in [0.3, 0.4) is 0 Å². The van der Waals surface area contributed by atoms with Crippen LogP contribution in [0.15, 0.2) is 60.2 Å². The smallest absolute Gasteiger partial charge is 0.101 e. The van der Waals surface area contributed by atoms with Gasteiger partial charge in [-0.15, -0.1) is 11.3 Å². The zero-order valence-corrected chi connectivity index (χ0v) is 12.1. The molecule has 3 aromatic rings. The minimum atomic E-state index is 0.0113. The van der Waals surface area contributed by atoms with Crippen molar-refractivity contribution in [3.63, 3.8) is 0 Å². The number of rotatable bonds is 4. The molecule has 0 aliphatic heterocycles. The van der Waals surface area contributed by atoms with Gasteiger partial charge in [0.05, 0.1) is 6.20 Å². The SMILES string of the molecule is CC(N)C(c1cccs1)n1cc(-c2ccccc2)cn1. The van der Waals surface area contributed by atoms with Gasteiger partial charge in [0.1, 0.15) is 6.04 Å². The van der Waals surface area contributed by atoms with E-state index in [0.29, 0.717) is 0 Å². The van der Waals surface area contributed by atoms with E-state index >= 15 is 0 Å². The molecule has 0 radical (unpaired) electrons. The number of hydrogen-bond acceptors (Lipinski definition) is 3. The molecular formula is C16H17N3S. The second kappa shape index (κ2) is 5.61. The summed E-state index contributed by atoms with van der Waals surface area (Å²) >= 11 is 1.72. The highest BCUT2D eigenvalue weighted by Crippen LogP contribution is 2.27. The lowest BCUT2D eigenvalue weighted by atomic mass is 10.1. The first-order valence-corrected chi connectivity index (χ1v) is 7.52. The fraction of sp³-hybridized carbons (Fsp3) is 0.188.